The highest BCUT2D eigenvalue weighted by molar-refractivity contribution is 7.99. The molecule has 0 spiro atoms. The topological polar surface area (TPSA) is 75.5 Å². The lowest BCUT2D eigenvalue weighted by Crippen LogP contribution is -2.23. The molecule has 1 heterocycles. The summed E-state index contributed by atoms with van der Waals surface area (Å²) in [6.45, 7) is 2.18. The Balaban J connectivity index is 2.12. The Morgan fingerprint density at radius 2 is 2.14 bits per heavy atom. The van der Waals surface area contributed by atoms with Gasteiger partial charge in [0.05, 0.1) is 10.6 Å². The molecule has 1 aliphatic rings. The Morgan fingerprint density at radius 3 is 2.73 bits per heavy atom. The number of carbonyl (C=O) groups excluding carboxylic acids is 1. The fourth-order valence-electron chi connectivity index (χ4n) is 2.42. The number of benzene rings is 1. The van der Waals surface area contributed by atoms with E-state index in [-0.39, 0.29) is 11.6 Å². The van der Waals surface area contributed by atoms with E-state index in [1.54, 1.807) is 19.2 Å². The van der Waals surface area contributed by atoms with Gasteiger partial charge in [0.25, 0.3) is 5.69 Å². The predicted octanol–water partition coefficient (Wildman–Crippen LogP) is 3.13. The van der Waals surface area contributed by atoms with E-state index in [9.17, 15) is 14.9 Å². The van der Waals surface area contributed by atoms with E-state index < -0.39 is 4.92 Å². The lowest BCUT2D eigenvalue weighted by molar-refractivity contribution is -0.383. The van der Waals surface area contributed by atoms with Crippen LogP contribution in [0.4, 0.5) is 17.1 Å². The molecule has 1 aromatic carbocycles. The average molecular weight is 323 g/mol. The molecule has 1 aliphatic heterocycles. The van der Waals surface area contributed by atoms with Gasteiger partial charge in [-0.05, 0) is 42.4 Å². The molecule has 0 aliphatic carbocycles. The van der Waals surface area contributed by atoms with Crippen LogP contribution >= 0.6 is 11.8 Å². The molecule has 1 fully saturated rings. The fraction of sp³-hybridized carbons (Fsp3) is 0.533. The first-order valence-electron chi connectivity index (χ1n) is 7.33. The summed E-state index contributed by atoms with van der Waals surface area (Å²) in [6, 6.07) is 4.86. The highest BCUT2D eigenvalue weighted by Gasteiger charge is 2.19. The number of carbonyl (C=O) groups is 1. The van der Waals surface area contributed by atoms with Crippen LogP contribution in [0.2, 0.25) is 0 Å². The maximum absolute atomic E-state index is 11.4. The summed E-state index contributed by atoms with van der Waals surface area (Å²) in [7, 11) is 1.61. The van der Waals surface area contributed by atoms with Crippen molar-refractivity contribution in [1.82, 2.24) is 0 Å². The van der Waals surface area contributed by atoms with E-state index in [2.05, 4.69) is 5.32 Å². The number of amides is 1. The number of nitrogens with one attached hydrogen (secondary N) is 1. The number of nitrogens with zero attached hydrogens (tertiary/aromatic N) is 2. The second-order valence-electron chi connectivity index (χ2n) is 5.47. The highest BCUT2D eigenvalue weighted by atomic mass is 32.2. The maximum atomic E-state index is 11.4. The summed E-state index contributed by atoms with van der Waals surface area (Å²) in [4.78, 5) is 23.6. The zero-order valence-electron chi connectivity index (χ0n) is 12.9. The molecule has 2 rings (SSSR count). The molecule has 1 aromatic rings. The first-order chi connectivity index (χ1) is 10.5. The van der Waals surface area contributed by atoms with Gasteiger partial charge in [0, 0.05) is 26.6 Å². The van der Waals surface area contributed by atoms with Crippen molar-refractivity contribution >= 4 is 34.7 Å². The van der Waals surface area contributed by atoms with Gasteiger partial charge in [-0.25, -0.2) is 0 Å². The van der Waals surface area contributed by atoms with E-state index in [4.69, 9.17) is 0 Å². The van der Waals surface area contributed by atoms with Crippen molar-refractivity contribution in [3.8, 4) is 0 Å². The molecule has 0 saturated carbocycles. The maximum Gasteiger partial charge on any atom is 0.294 e. The first-order valence-corrected chi connectivity index (χ1v) is 8.49. The van der Waals surface area contributed by atoms with Crippen molar-refractivity contribution in [3.05, 3.63) is 28.3 Å². The van der Waals surface area contributed by atoms with Crippen molar-refractivity contribution in [2.45, 2.75) is 19.8 Å². The van der Waals surface area contributed by atoms with Crippen molar-refractivity contribution < 1.29 is 9.72 Å². The lowest BCUT2D eigenvalue weighted by atomic mass is 10.0. The van der Waals surface area contributed by atoms with E-state index in [0.717, 1.165) is 30.9 Å². The van der Waals surface area contributed by atoms with Crippen molar-refractivity contribution in [3.63, 3.8) is 0 Å². The molecular weight excluding hydrogens is 302 g/mol. The SMILES string of the molecule is CC(=O)N(C)c1ccc(NCC2CCSCC2)c([N+](=O)[O-])c1. The van der Waals surface area contributed by atoms with Crippen LogP contribution in [0.25, 0.3) is 0 Å². The van der Waals surface area contributed by atoms with Crippen LogP contribution in [0.5, 0.6) is 0 Å². The minimum absolute atomic E-state index is 0.00999. The molecule has 0 bridgehead atoms. The minimum atomic E-state index is -0.406. The standard InChI is InChI=1S/C15H21N3O3S/c1-11(19)17(2)13-3-4-14(15(9-13)18(20)21)16-10-12-5-7-22-8-6-12/h3-4,9,12,16H,5-8,10H2,1-2H3. The van der Waals surface area contributed by atoms with Crippen molar-refractivity contribution in [1.29, 1.82) is 0 Å². The number of rotatable bonds is 5. The number of hydrogen-bond acceptors (Lipinski definition) is 5. The third-order valence-electron chi connectivity index (χ3n) is 3.96. The van der Waals surface area contributed by atoms with Crippen LogP contribution in [0.1, 0.15) is 19.8 Å². The van der Waals surface area contributed by atoms with Gasteiger partial charge in [-0.1, -0.05) is 0 Å². The molecule has 1 amide bonds. The van der Waals surface area contributed by atoms with Crippen LogP contribution < -0.4 is 10.2 Å². The smallest absolute Gasteiger partial charge is 0.294 e. The van der Waals surface area contributed by atoms with Crippen LogP contribution in [0.3, 0.4) is 0 Å². The van der Waals surface area contributed by atoms with Crippen LogP contribution in [0.15, 0.2) is 18.2 Å². The number of nitro groups is 1. The summed E-state index contributed by atoms with van der Waals surface area (Å²) in [6.07, 6.45) is 2.30. The van der Waals surface area contributed by atoms with E-state index in [1.807, 2.05) is 11.8 Å². The van der Waals surface area contributed by atoms with E-state index >= 15 is 0 Å². The zero-order chi connectivity index (χ0) is 16.1. The Kier molecular flexibility index (Phi) is 5.65. The minimum Gasteiger partial charge on any atom is -0.379 e. The molecule has 1 saturated heterocycles. The Hall–Kier alpha value is -1.76. The molecular formula is C15H21N3O3S. The summed E-state index contributed by atoms with van der Waals surface area (Å²) >= 11 is 1.96. The molecule has 0 unspecified atom stereocenters. The monoisotopic (exact) mass is 323 g/mol. The number of nitro benzene ring substituents is 1. The number of hydrogen-bond donors (Lipinski definition) is 1. The van der Waals surface area contributed by atoms with Crippen LogP contribution in [-0.2, 0) is 4.79 Å². The second kappa shape index (κ2) is 7.49. The largest absolute Gasteiger partial charge is 0.379 e. The Bertz CT molecular complexity index is 559. The molecule has 0 radical (unpaired) electrons. The third kappa shape index (κ3) is 4.13. The average Bonchev–Trinajstić information content (AvgIpc) is 2.52. The zero-order valence-corrected chi connectivity index (χ0v) is 13.7. The van der Waals surface area contributed by atoms with E-state index in [0.29, 0.717) is 17.3 Å². The number of anilines is 2. The Morgan fingerprint density at radius 1 is 1.45 bits per heavy atom. The van der Waals surface area contributed by atoms with Gasteiger partial charge in [0.1, 0.15) is 5.69 Å². The molecule has 0 atom stereocenters. The van der Waals surface area contributed by atoms with Crippen LogP contribution in [0, 0.1) is 16.0 Å². The normalized spacial score (nSPS) is 15.4. The molecule has 1 N–H and O–H groups in total. The van der Waals surface area contributed by atoms with Crippen molar-refractivity contribution in [2.75, 3.05) is 35.3 Å². The summed E-state index contributed by atoms with van der Waals surface area (Å²) in [5.41, 5.74) is 1.05. The second-order valence-corrected chi connectivity index (χ2v) is 6.70. The molecule has 0 aromatic heterocycles. The summed E-state index contributed by atoms with van der Waals surface area (Å²) < 4.78 is 0. The van der Waals surface area contributed by atoms with Gasteiger partial charge < -0.3 is 10.2 Å². The molecule has 6 nitrogen and oxygen atoms in total. The van der Waals surface area contributed by atoms with Gasteiger partial charge >= 0.3 is 0 Å². The fourth-order valence-corrected chi connectivity index (χ4v) is 3.62. The quantitative estimate of drug-likeness (QED) is 0.665. The molecule has 22 heavy (non-hydrogen) atoms. The van der Waals surface area contributed by atoms with Gasteiger partial charge in [-0.2, -0.15) is 11.8 Å². The molecule has 120 valence electrons. The van der Waals surface area contributed by atoms with Gasteiger partial charge in [-0.3, -0.25) is 14.9 Å². The van der Waals surface area contributed by atoms with Gasteiger partial charge in [-0.15, -0.1) is 0 Å². The van der Waals surface area contributed by atoms with Crippen molar-refractivity contribution in [2.24, 2.45) is 5.92 Å². The predicted molar refractivity (Wildman–Crippen MR) is 90.7 cm³/mol. The Labute approximate surface area is 134 Å². The van der Waals surface area contributed by atoms with E-state index in [1.165, 1.54) is 17.9 Å². The number of thioether (sulfide) groups is 1. The van der Waals surface area contributed by atoms with Gasteiger partial charge in [0.15, 0.2) is 0 Å². The third-order valence-corrected chi connectivity index (χ3v) is 5.01. The lowest BCUT2D eigenvalue weighted by Gasteiger charge is -2.22. The summed E-state index contributed by atoms with van der Waals surface area (Å²) in [5, 5.41) is 14.5. The first kappa shape index (κ1) is 16.6. The summed E-state index contributed by atoms with van der Waals surface area (Å²) in [5.74, 6) is 2.74. The highest BCUT2D eigenvalue weighted by Crippen LogP contribution is 2.30. The molecule has 7 heteroatoms. The van der Waals surface area contributed by atoms with Crippen LogP contribution in [-0.4, -0.2) is 35.9 Å². The van der Waals surface area contributed by atoms with Gasteiger partial charge in [0.2, 0.25) is 5.91 Å².